The maximum Gasteiger partial charge on any atom is 0.307 e. The number of hydrogen-bond donors (Lipinski definition) is 0. The van der Waals surface area contributed by atoms with Gasteiger partial charge in [0.2, 0.25) is 5.91 Å². The van der Waals surface area contributed by atoms with Crippen LogP contribution in [0.4, 0.5) is 0 Å². The maximum absolute atomic E-state index is 12.4. The predicted octanol–water partition coefficient (Wildman–Crippen LogP) is 3.93. The number of carbonyl (C=O) groups is 1. The summed E-state index contributed by atoms with van der Waals surface area (Å²) in [4.78, 5) is 25.8. The number of nitrogens with zero attached hydrogens (tertiary/aromatic N) is 2. The zero-order chi connectivity index (χ0) is 18.5. The average molecular weight is 366 g/mol. The van der Waals surface area contributed by atoms with Crippen molar-refractivity contribution >= 4 is 17.2 Å². The molecule has 1 amide bonds. The van der Waals surface area contributed by atoms with Crippen LogP contribution in [-0.2, 0) is 17.9 Å². The van der Waals surface area contributed by atoms with Crippen molar-refractivity contribution < 1.29 is 4.79 Å². The minimum atomic E-state index is -0.00514. The molecule has 3 aromatic rings. The summed E-state index contributed by atoms with van der Waals surface area (Å²) in [6, 6.07) is 18.5. The number of aromatic nitrogens is 1. The molecule has 0 unspecified atom stereocenters. The summed E-state index contributed by atoms with van der Waals surface area (Å²) in [6.45, 7) is 2.89. The lowest BCUT2D eigenvalue weighted by molar-refractivity contribution is -0.130. The molecule has 0 N–H and O–H groups in total. The molecule has 0 saturated carbocycles. The normalized spacial score (nSPS) is 10.7. The monoisotopic (exact) mass is 366 g/mol. The zero-order valence-electron chi connectivity index (χ0n) is 15.0. The molecular formula is C21H22N2O2S. The molecule has 0 aliphatic carbocycles. The van der Waals surface area contributed by atoms with Crippen molar-refractivity contribution in [3.8, 4) is 11.1 Å². The fourth-order valence-electron chi connectivity index (χ4n) is 2.87. The smallest absolute Gasteiger partial charge is 0.307 e. The molecule has 0 saturated heterocycles. The average Bonchev–Trinajstić information content (AvgIpc) is 2.99. The Labute approximate surface area is 157 Å². The third kappa shape index (κ3) is 4.29. The van der Waals surface area contributed by atoms with Crippen molar-refractivity contribution in [3.05, 3.63) is 80.9 Å². The van der Waals surface area contributed by atoms with E-state index in [1.807, 2.05) is 30.5 Å². The van der Waals surface area contributed by atoms with Gasteiger partial charge in [-0.15, -0.1) is 0 Å². The van der Waals surface area contributed by atoms with Gasteiger partial charge < -0.3 is 9.47 Å². The first kappa shape index (κ1) is 18.1. The molecule has 134 valence electrons. The lowest BCUT2D eigenvalue weighted by Crippen LogP contribution is -2.28. The Balaban J connectivity index is 1.58. The van der Waals surface area contributed by atoms with E-state index in [2.05, 4.69) is 36.4 Å². The Morgan fingerprint density at radius 3 is 2.31 bits per heavy atom. The summed E-state index contributed by atoms with van der Waals surface area (Å²) in [5, 5.41) is 1.82. The molecule has 0 aliphatic rings. The molecule has 0 fully saturated rings. The lowest BCUT2D eigenvalue weighted by atomic mass is 10.0. The Bertz CT molecular complexity index is 927. The van der Waals surface area contributed by atoms with Crippen molar-refractivity contribution in [2.45, 2.75) is 26.4 Å². The van der Waals surface area contributed by atoms with E-state index in [1.54, 1.807) is 16.5 Å². The van der Waals surface area contributed by atoms with Gasteiger partial charge >= 0.3 is 4.87 Å². The first-order valence-electron chi connectivity index (χ1n) is 8.58. The quantitative estimate of drug-likeness (QED) is 0.663. The van der Waals surface area contributed by atoms with Gasteiger partial charge in [-0.25, -0.2) is 0 Å². The van der Waals surface area contributed by atoms with Gasteiger partial charge in [0.05, 0.1) is 0 Å². The summed E-state index contributed by atoms with van der Waals surface area (Å²) in [5.41, 5.74) is 4.34. The first-order chi connectivity index (χ1) is 12.5. The zero-order valence-corrected chi connectivity index (χ0v) is 15.8. The summed E-state index contributed by atoms with van der Waals surface area (Å²) in [7, 11) is 1.80. The van der Waals surface area contributed by atoms with E-state index in [0.717, 1.165) is 16.8 Å². The van der Waals surface area contributed by atoms with Gasteiger partial charge in [0, 0.05) is 37.6 Å². The highest BCUT2D eigenvalue weighted by Gasteiger charge is 2.11. The number of amides is 1. The largest absolute Gasteiger partial charge is 0.341 e. The fourth-order valence-corrected chi connectivity index (χ4v) is 3.63. The highest BCUT2D eigenvalue weighted by atomic mass is 32.1. The highest BCUT2D eigenvalue weighted by molar-refractivity contribution is 7.07. The molecule has 5 heteroatoms. The van der Waals surface area contributed by atoms with Crippen LogP contribution < -0.4 is 4.87 Å². The predicted molar refractivity (Wildman–Crippen MR) is 106 cm³/mol. The molecular weight excluding hydrogens is 344 g/mol. The Kier molecular flexibility index (Phi) is 5.68. The van der Waals surface area contributed by atoms with Crippen LogP contribution in [0.1, 0.15) is 17.7 Å². The summed E-state index contributed by atoms with van der Waals surface area (Å²) in [6.07, 6.45) is 0.329. The molecule has 26 heavy (non-hydrogen) atoms. The number of aryl methyl sites for hydroxylation is 1. The molecule has 0 aliphatic heterocycles. The van der Waals surface area contributed by atoms with E-state index < -0.39 is 0 Å². The van der Waals surface area contributed by atoms with Crippen LogP contribution in [0.2, 0.25) is 0 Å². The molecule has 0 bridgehead atoms. The minimum Gasteiger partial charge on any atom is -0.341 e. The van der Waals surface area contributed by atoms with Gasteiger partial charge in [-0.1, -0.05) is 65.9 Å². The van der Waals surface area contributed by atoms with Crippen molar-refractivity contribution in [2.75, 3.05) is 7.05 Å². The van der Waals surface area contributed by atoms with Crippen molar-refractivity contribution in [1.29, 1.82) is 0 Å². The maximum atomic E-state index is 12.4. The minimum absolute atomic E-state index is 0.00514. The van der Waals surface area contributed by atoms with Crippen molar-refractivity contribution in [3.63, 3.8) is 0 Å². The van der Waals surface area contributed by atoms with Gasteiger partial charge in [0.15, 0.2) is 0 Å². The molecule has 0 radical (unpaired) electrons. The standard InChI is InChI=1S/C21H22N2O2S/c1-16-15-26-21(25)23(16)13-12-20(24)22(2)14-17-8-10-19(11-9-17)18-6-4-3-5-7-18/h3-11,15H,12-14H2,1-2H3. The van der Waals surface area contributed by atoms with Crippen molar-refractivity contribution in [1.82, 2.24) is 9.47 Å². The molecule has 0 atom stereocenters. The molecule has 3 rings (SSSR count). The van der Waals surface area contributed by atoms with Crippen LogP contribution in [0, 0.1) is 6.92 Å². The second kappa shape index (κ2) is 8.15. The van der Waals surface area contributed by atoms with Crippen LogP contribution >= 0.6 is 11.3 Å². The topological polar surface area (TPSA) is 42.3 Å². The third-order valence-electron chi connectivity index (χ3n) is 4.43. The van der Waals surface area contributed by atoms with Crippen LogP contribution in [0.5, 0.6) is 0 Å². The second-order valence-electron chi connectivity index (χ2n) is 6.36. The van der Waals surface area contributed by atoms with Gasteiger partial charge in [0.1, 0.15) is 0 Å². The SMILES string of the molecule is Cc1csc(=O)n1CCC(=O)N(C)Cc1ccc(-c2ccccc2)cc1. The highest BCUT2D eigenvalue weighted by Crippen LogP contribution is 2.19. The molecule has 4 nitrogen and oxygen atoms in total. The van der Waals surface area contributed by atoms with Gasteiger partial charge in [-0.3, -0.25) is 9.59 Å². The summed E-state index contributed by atoms with van der Waals surface area (Å²) < 4.78 is 1.66. The Morgan fingerprint density at radius 1 is 1.04 bits per heavy atom. The van der Waals surface area contributed by atoms with Crippen LogP contribution in [0.25, 0.3) is 11.1 Å². The van der Waals surface area contributed by atoms with E-state index in [1.165, 1.54) is 16.9 Å². The summed E-state index contributed by atoms with van der Waals surface area (Å²) in [5.74, 6) is 0.0367. The number of benzene rings is 2. The number of hydrogen-bond acceptors (Lipinski definition) is 3. The van der Waals surface area contributed by atoms with E-state index in [4.69, 9.17) is 0 Å². The lowest BCUT2D eigenvalue weighted by Gasteiger charge is -2.18. The molecule has 2 aromatic carbocycles. The fraction of sp³-hybridized carbons (Fsp3) is 0.238. The van der Waals surface area contributed by atoms with E-state index in [0.29, 0.717) is 19.5 Å². The Hall–Kier alpha value is -2.66. The van der Waals surface area contributed by atoms with E-state index in [-0.39, 0.29) is 10.8 Å². The van der Waals surface area contributed by atoms with E-state index >= 15 is 0 Å². The molecule has 0 spiro atoms. The van der Waals surface area contributed by atoms with Gasteiger partial charge in [-0.05, 0) is 23.6 Å². The molecule has 1 aromatic heterocycles. The van der Waals surface area contributed by atoms with Crippen LogP contribution in [0.15, 0.2) is 64.8 Å². The first-order valence-corrected chi connectivity index (χ1v) is 9.46. The van der Waals surface area contributed by atoms with Gasteiger partial charge in [0.25, 0.3) is 0 Å². The van der Waals surface area contributed by atoms with E-state index in [9.17, 15) is 9.59 Å². The second-order valence-corrected chi connectivity index (χ2v) is 7.18. The Morgan fingerprint density at radius 2 is 1.69 bits per heavy atom. The number of rotatable bonds is 6. The number of carbonyl (C=O) groups excluding carboxylic acids is 1. The molecule has 1 heterocycles. The summed E-state index contributed by atoms with van der Waals surface area (Å²) >= 11 is 1.18. The van der Waals surface area contributed by atoms with Crippen molar-refractivity contribution in [2.24, 2.45) is 0 Å². The third-order valence-corrected chi connectivity index (χ3v) is 5.31. The number of thiazole rings is 1. The van der Waals surface area contributed by atoms with Crippen LogP contribution in [0.3, 0.4) is 0 Å². The van der Waals surface area contributed by atoms with Gasteiger partial charge in [-0.2, -0.15) is 0 Å². The van der Waals surface area contributed by atoms with Crippen LogP contribution in [-0.4, -0.2) is 22.4 Å².